The summed E-state index contributed by atoms with van der Waals surface area (Å²) >= 11 is 5.96. The minimum absolute atomic E-state index is 0.122. The molecule has 1 saturated carbocycles. The molecule has 1 fully saturated rings. The lowest BCUT2D eigenvalue weighted by molar-refractivity contribution is 0.157. The van der Waals surface area contributed by atoms with E-state index in [0.29, 0.717) is 6.04 Å². The topological polar surface area (TPSA) is 29.3 Å². The number of hydrogen-bond donors (Lipinski definition) is 1. The summed E-state index contributed by atoms with van der Waals surface area (Å²) in [5, 5.41) is 0.783. The largest absolute Gasteiger partial charge is 0.326 e. The summed E-state index contributed by atoms with van der Waals surface area (Å²) in [6.07, 6.45) is 5.29. The van der Waals surface area contributed by atoms with Crippen LogP contribution in [0.2, 0.25) is 5.02 Å². The Hall–Kier alpha value is -0.570. The number of nitrogens with zero attached hydrogens (tertiary/aromatic N) is 1. The number of benzene rings is 1. The molecule has 2 N–H and O–H groups in total. The molecule has 3 heteroatoms. The van der Waals surface area contributed by atoms with Crippen molar-refractivity contribution in [3.63, 3.8) is 0 Å². The molecule has 1 aromatic rings. The molecular weight excluding hydrogens is 244 g/mol. The highest BCUT2D eigenvalue weighted by Crippen LogP contribution is 2.31. The van der Waals surface area contributed by atoms with Gasteiger partial charge in [-0.05, 0) is 44.5 Å². The Labute approximate surface area is 115 Å². The predicted octanol–water partition coefficient (Wildman–Crippen LogP) is 3.60. The smallest absolute Gasteiger partial charge is 0.0496 e. The van der Waals surface area contributed by atoms with Crippen molar-refractivity contribution in [2.75, 3.05) is 7.05 Å². The van der Waals surface area contributed by atoms with E-state index in [9.17, 15) is 0 Å². The van der Waals surface area contributed by atoms with Crippen LogP contribution in [0, 0.1) is 0 Å². The average molecular weight is 267 g/mol. The highest BCUT2D eigenvalue weighted by molar-refractivity contribution is 6.30. The fraction of sp³-hybridized carbons (Fsp3) is 0.600. The van der Waals surface area contributed by atoms with Gasteiger partial charge in [-0.15, -0.1) is 0 Å². The summed E-state index contributed by atoms with van der Waals surface area (Å²) in [5.74, 6) is 0. The lowest BCUT2D eigenvalue weighted by atomic mass is 9.97. The Bertz CT molecular complexity index is 369. The van der Waals surface area contributed by atoms with Crippen molar-refractivity contribution in [1.29, 1.82) is 0 Å². The quantitative estimate of drug-likeness (QED) is 0.902. The summed E-state index contributed by atoms with van der Waals surface area (Å²) in [4.78, 5) is 2.46. The summed E-state index contributed by atoms with van der Waals surface area (Å²) in [6.45, 7) is 2.09. The first kappa shape index (κ1) is 13.9. The number of nitrogens with two attached hydrogens (primary N) is 1. The fourth-order valence-electron chi connectivity index (χ4n) is 3.11. The third kappa shape index (κ3) is 3.05. The molecule has 2 atom stereocenters. The molecule has 18 heavy (non-hydrogen) atoms. The Morgan fingerprint density at radius 1 is 1.22 bits per heavy atom. The van der Waals surface area contributed by atoms with Crippen LogP contribution in [-0.4, -0.2) is 24.0 Å². The Balaban J connectivity index is 2.19. The highest BCUT2D eigenvalue weighted by atomic mass is 35.5. The first-order chi connectivity index (χ1) is 8.59. The van der Waals surface area contributed by atoms with Crippen LogP contribution < -0.4 is 5.73 Å². The van der Waals surface area contributed by atoms with Gasteiger partial charge in [0.1, 0.15) is 0 Å². The summed E-state index contributed by atoms with van der Waals surface area (Å²) < 4.78 is 0. The second-order valence-electron chi connectivity index (χ2n) is 5.46. The second-order valence-corrected chi connectivity index (χ2v) is 5.90. The van der Waals surface area contributed by atoms with Gasteiger partial charge >= 0.3 is 0 Å². The molecule has 0 amide bonds. The van der Waals surface area contributed by atoms with Crippen molar-refractivity contribution < 1.29 is 0 Å². The van der Waals surface area contributed by atoms with Gasteiger partial charge in [-0.3, -0.25) is 4.90 Å². The SMILES string of the molecule is CC(N)C(c1ccc(Cl)cc1)N(C)C1CCCC1. The van der Waals surface area contributed by atoms with E-state index in [0.717, 1.165) is 5.02 Å². The van der Waals surface area contributed by atoms with Crippen molar-refractivity contribution in [2.24, 2.45) is 5.73 Å². The van der Waals surface area contributed by atoms with Crippen LogP contribution in [0.1, 0.15) is 44.2 Å². The van der Waals surface area contributed by atoms with Crippen LogP contribution in [0.15, 0.2) is 24.3 Å². The van der Waals surface area contributed by atoms with Gasteiger partial charge < -0.3 is 5.73 Å². The highest BCUT2D eigenvalue weighted by Gasteiger charge is 2.28. The van der Waals surface area contributed by atoms with E-state index in [2.05, 4.69) is 31.0 Å². The van der Waals surface area contributed by atoms with Crippen LogP contribution in [0.25, 0.3) is 0 Å². The van der Waals surface area contributed by atoms with Crippen molar-refractivity contribution in [1.82, 2.24) is 4.90 Å². The number of halogens is 1. The molecule has 1 aliphatic rings. The Kier molecular flexibility index (Phi) is 4.66. The van der Waals surface area contributed by atoms with E-state index < -0.39 is 0 Å². The van der Waals surface area contributed by atoms with Gasteiger partial charge in [-0.25, -0.2) is 0 Å². The van der Waals surface area contributed by atoms with Crippen LogP contribution in [0.3, 0.4) is 0 Å². The molecule has 0 bridgehead atoms. The molecule has 0 aromatic heterocycles. The maximum absolute atomic E-state index is 6.20. The molecule has 0 saturated heterocycles. The fourth-order valence-corrected chi connectivity index (χ4v) is 3.23. The molecule has 0 radical (unpaired) electrons. The van der Waals surface area contributed by atoms with E-state index in [1.807, 2.05) is 12.1 Å². The number of likely N-dealkylation sites (N-methyl/N-ethyl adjacent to an activating group) is 1. The minimum atomic E-state index is 0.122. The van der Waals surface area contributed by atoms with Crippen molar-refractivity contribution in [2.45, 2.75) is 50.7 Å². The minimum Gasteiger partial charge on any atom is -0.326 e. The molecule has 0 spiro atoms. The Morgan fingerprint density at radius 2 is 1.78 bits per heavy atom. The molecule has 2 nitrogen and oxygen atoms in total. The van der Waals surface area contributed by atoms with Gasteiger partial charge in [-0.2, -0.15) is 0 Å². The maximum atomic E-state index is 6.20. The standard InChI is InChI=1S/C15H23ClN2/c1-11(17)15(12-7-9-13(16)10-8-12)18(2)14-5-3-4-6-14/h7-11,14-15H,3-6,17H2,1-2H3. The summed E-state index contributed by atoms with van der Waals surface area (Å²) in [7, 11) is 2.21. The van der Waals surface area contributed by atoms with E-state index in [1.54, 1.807) is 0 Å². The summed E-state index contributed by atoms with van der Waals surface area (Å²) in [6, 6.07) is 9.19. The van der Waals surface area contributed by atoms with Crippen LogP contribution >= 0.6 is 11.6 Å². The normalized spacial score (nSPS) is 20.3. The second kappa shape index (κ2) is 6.05. The number of hydrogen-bond acceptors (Lipinski definition) is 2. The van der Waals surface area contributed by atoms with Gasteiger partial charge in [0.25, 0.3) is 0 Å². The van der Waals surface area contributed by atoms with Crippen molar-refractivity contribution >= 4 is 11.6 Å². The van der Waals surface area contributed by atoms with Gasteiger partial charge in [-0.1, -0.05) is 36.6 Å². The molecule has 0 aliphatic heterocycles. The lowest BCUT2D eigenvalue weighted by Gasteiger charge is -2.36. The van der Waals surface area contributed by atoms with E-state index in [-0.39, 0.29) is 12.1 Å². The average Bonchev–Trinajstić information content (AvgIpc) is 2.85. The van der Waals surface area contributed by atoms with E-state index in [1.165, 1.54) is 31.2 Å². The molecule has 0 heterocycles. The summed E-state index contributed by atoms with van der Waals surface area (Å²) in [5.41, 5.74) is 7.47. The zero-order valence-corrected chi connectivity index (χ0v) is 12.0. The molecule has 2 rings (SSSR count). The van der Waals surface area contributed by atoms with E-state index in [4.69, 9.17) is 17.3 Å². The Morgan fingerprint density at radius 3 is 2.28 bits per heavy atom. The van der Waals surface area contributed by atoms with Gasteiger partial charge in [0.15, 0.2) is 0 Å². The third-order valence-corrected chi connectivity index (χ3v) is 4.30. The van der Waals surface area contributed by atoms with Gasteiger partial charge in [0, 0.05) is 23.1 Å². The predicted molar refractivity (Wildman–Crippen MR) is 77.9 cm³/mol. The van der Waals surface area contributed by atoms with Crippen LogP contribution in [0.4, 0.5) is 0 Å². The zero-order chi connectivity index (χ0) is 13.1. The van der Waals surface area contributed by atoms with Gasteiger partial charge in [0.05, 0.1) is 0 Å². The molecular formula is C15H23ClN2. The first-order valence-electron chi connectivity index (χ1n) is 6.82. The van der Waals surface area contributed by atoms with Crippen LogP contribution in [-0.2, 0) is 0 Å². The third-order valence-electron chi connectivity index (χ3n) is 4.05. The first-order valence-corrected chi connectivity index (χ1v) is 7.20. The monoisotopic (exact) mass is 266 g/mol. The molecule has 1 aromatic carbocycles. The number of rotatable bonds is 4. The maximum Gasteiger partial charge on any atom is 0.0496 e. The van der Waals surface area contributed by atoms with Crippen molar-refractivity contribution in [3.05, 3.63) is 34.9 Å². The van der Waals surface area contributed by atoms with Crippen molar-refractivity contribution in [3.8, 4) is 0 Å². The molecule has 100 valence electrons. The van der Waals surface area contributed by atoms with E-state index >= 15 is 0 Å². The lowest BCUT2D eigenvalue weighted by Crippen LogP contribution is -2.41. The van der Waals surface area contributed by atoms with Gasteiger partial charge in [0.2, 0.25) is 0 Å². The molecule has 2 unspecified atom stereocenters. The van der Waals surface area contributed by atoms with Crippen LogP contribution in [0.5, 0.6) is 0 Å². The molecule has 1 aliphatic carbocycles. The zero-order valence-electron chi connectivity index (χ0n) is 11.3.